The maximum atomic E-state index is 11.4. The van der Waals surface area contributed by atoms with E-state index in [1.54, 1.807) is 20.8 Å². The number of rotatable bonds is 6. The highest BCUT2D eigenvalue weighted by atomic mass is 16.6. The monoisotopic (exact) mass is 296 g/mol. The van der Waals surface area contributed by atoms with Gasteiger partial charge < -0.3 is 20.5 Å². The van der Waals surface area contributed by atoms with E-state index in [1.165, 1.54) is 12.4 Å². The average Bonchev–Trinajstić information content (AvgIpc) is 2.36. The molecule has 0 aliphatic heterocycles. The summed E-state index contributed by atoms with van der Waals surface area (Å²) in [6.45, 7) is 6.39. The van der Waals surface area contributed by atoms with Crippen LogP contribution >= 0.6 is 0 Å². The Balaban J connectivity index is 2.19. The van der Waals surface area contributed by atoms with E-state index >= 15 is 0 Å². The summed E-state index contributed by atoms with van der Waals surface area (Å²) in [5.41, 5.74) is -0.477. The molecule has 0 unspecified atom stereocenters. The molecule has 1 aromatic heterocycles. The zero-order chi connectivity index (χ0) is 15.9. The number of nitrogens with zero attached hydrogens (tertiary/aromatic N) is 2. The van der Waals surface area contributed by atoms with Crippen LogP contribution < -0.4 is 10.6 Å². The summed E-state index contributed by atoms with van der Waals surface area (Å²) in [5, 5.41) is 14.3. The molecule has 1 amide bonds. The topological polar surface area (TPSA) is 113 Å². The third-order valence-corrected chi connectivity index (χ3v) is 2.20. The Hall–Kier alpha value is -2.38. The van der Waals surface area contributed by atoms with Gasteiger partial charge in [0.2, 0.25) is 5.95 Å². The molecule has 8 nitrogen and oxygen atoms in total. The number of carbonyl (C=O) groups excluding carboxylic acids is 1. The molecule has 0 atom stereocenters. The summed E-state index contributed by atoms with van der Waals surface area (Å²) in [4.78, 5) is 29.7. The minimum atomic E-state index is -1.07. The molecule has 0 bridgehead atoms. The number of carboxylic acids is 1. The van der Waals surface area contributed by atoms with Crippen molar-refractivity contribution in [2.75, 3.05) is 18.4 Å². The van der Waals surface area contributed by atoms with Crippen LogP contribution in [0.1, 0.15) is 37.6 Å². The van der Waals surface area contributed by atoms with Gasteiger partial charge in [-0.1, -0.05) is 0 Å². The van der Waals surface area contributed by atoms with E-state index in [4.69, 9.17) is 9.84 Å². The lowest BCUT2D eigenvalue weighted by molar-refractivity contribution is 0.0527. The Labute approximate surface area is 122 Å². The number of alkyl carbamates (subject to hydrolysis) is 1. The highest BCUT2D eigenvalue weighted by Crippen LogP contribution is 2.06. The van der Waals surface area contributed by atoms with Crippen LogP contribution in [-0.2, 0) is 4.74 Å². The molecule has 1 heterocycles. The molecule has 0 fully saturated rings. The van der Waals surface area contributed by atoms with Gasteiger partial charge in [0.1, 0.15) is 5.60 Å². The Morgan fingerprint density at radius 2 is 1.86 bits per heavy atom. The molecule has 0 saturated carbocycles. The summed E-state index contributed by atoms with van der Waals surface area (Å²) in [6, 6.07) is 0. The van der Waals surface area contributed by atoms with Gasteiger partial charge in [-0.2, -0.15) is 0 Å². The number of amides is 1. The molecular formula is C13H20N4O4. The summed E-state index contributed by atoms with van der Waals surface area (Å²) in [6.07, 6.45) is 2.67. The Morgan fingerprint density at radius 1 is 1.24 bits per heavy atom. The molecule has 0 radical (unpaired) electrons. The molecule has 0 aliphatic rings. The van der Waals surface area contributed by atoms with E-state index in [1.807, 2.05) is 0 Å². The van der Waals surface area contributed by atoms with E-state index in [0.29, 0.717) is 25.5 Å². The number of hydrogen-bond donors (Lipinski definition) is 3. The van der Waals surface area contributed by atoms with Crippen LogP contribution in [0.25, 0.3) is 0 Å². The van der Waals surface area contributed by atoms with Crippen molar-refractivity contribution in [1.82, 2.24) is 15.3 Å². The lowest BCUT2D eigenvalue weighted by Gasteiger charge is -2.19. The first-order valence-corrected chi connectivity index (χ1v) is 6.54. The lowest BCUT2D eigenvalue weighted by atomic mass is 10.2. The number of aromatic carboxylic acids is 1. The second-order valence-electron chi connectivity index (χ2n) is 5.31. The number of carboxylic acid groups (broad SMARTS) is 1. The van der Waals surface area contributed by atoms with Crippen LogP contribution in [0.15, 0.2) is 12.4 Å². The first-order chi connectivity index (χ1) is 9.78. The zero-order valence-corrected chi connectivity index (χ0v) is 12.3. The number of carbonyl (C=O) groups is 2. The SMILES string of the molecule is CC(C)(C)OC(=O)NCCCNc1ncc(C(=O)O)cn1. The number of nitrogens with one attached hydrogen (secondary N) is 2. The number of ether oxygens (including phenoxy) is 1. The van der Waals surface area contributed by atoms with E-state index < -0.39 is 17.7 Å². The third-order valence-electron chi connectivity index (χ3n) is 2.20. The predicted molar refractivity (Wildman–Crippen MR) is 76.3 cm³/mol. The van der Waals surface area contributed by atoms with Crippen molar-refractivity contribution in [2.45, 2.75) is 32.8 Å². The first kappa shape index (κ1) is 16.7. The number of aromatic nitrogens is 2. The minimum absolute atomic E-state index is 0.0344. The maximum absolute atomic E-state index is 11.4. The normalized spacial score (nSPS) is 10.8. The Morgan fingerprint density at radius 3 is 2.38 bits per heavy atom. The van der Waals surface area contributed by atoms with E-state index in [0.717, 1.165) is 0 Å². The van der Waals surface area contributed by atoms with Crippen molar-refractivity contribution in [2.24, 2.45) is 0 Å². The molecule has 0 saturated heterocycles. The molecule has 1 aromatic rings. The van der Waals surface area contributed by atoms with Gasteiger partial charge in [0.25, 0.3) is 0 Å². The van der Waals surface area contributed by atoms with Gasteiger partial charge in [0, 0.05) is 25.5 Å². The predicted octanol–water partition coefficient (Wildman–Crippen LogP) is 1.50. The van der Waals surface area contributed by atoms with Gasteiger partial charge in [0.15, 0.2) is 0 Å². The van der Waals surface area contributed by atoms with Crippen LogP contribution in [-0.4, -0.2) is 45.8 Å². The third kappa shape index (κ3) is 7.09. The summed E-state index contributed by atoms with van der Waals surface area (Å²) >= 11 is 0. The standard InChI is InChI=1S/C13H20N4O4/c1-13(2,3)21-12(20)15-6-4-5-14-11-16-7-9(8-17-11)10(18)19/h7-8H,4-6H2,1-3H3,(H,15,20)(H,18,19)(H,14,16,17). The zero-order valence-electron chi connectivity index (χ0n) is 12.3. The first-order valence-electron chi connectivity index (χ1n) is 6.54. The van der Waals surface area contributed by atoms with Crippen LogP contribution in [0.2, 0.25) is 0 Å². The molecule has 0 aliphatic carbocycles. The molecule has 3 N–H and O–H groups in total. The second kappa shape index (κ2) is 7.41. The maximum Gasteiger partial charge on any atom is 0.407 e. The van der Waals surface area contributed by atoms with Crippen LogP contribution in [0.5, 0.6) is 0 Å². The van der Waals surface area contributed by atoms with Gasteiger partial charge in [-0.25, -0.2) is 19.6 Å². The molecule has 0 spiro atoms. The molecule has 1 rings (SSSR count). The van der Waals surface area contributed by atoms with Gasteiger partial charge in [-0.3, -0.25) is 0 Å². The van der Waals surface area contributed by atoms with Gasteiger partial charge >= 0.3 is 12.1 Å². The number of anilines is 1. The van der Waals surface area contributed by atoms with E-state index in [2.05, 4.69) is 20.6 Å². The smallest absolute Gasteiger partial charge is 0.407 e. The van der Waals surface area contributed by atoms with Gasteiger partial charge in [-0.05, 0) is 27.2 Å². The minimum Gasteiger partial charge on any atom is -0.478 e. The summed E-state index contributed by atoms with van der Waals surface area (Å²) in [7, 11) is 0. The van der Waals surface area contributed by atoms with Crippen molar-refractivity contribution in [3.63, 3.8) is 0 Å². The summed E-state index contributed by atoms with van der Waals surface area (Å²) in [5.74, 6) is -0.722. The molecule has 8 heteroatoms. The van der Waals surface area contributed by atoms with Crippen molar-refractivity contribution in [3.05, 3.63) is 18.0 Å². The van der Waals surface area contributed by atoms with Gasteiger partial charge in [-0.15, -0.1) is 0 Å². The van der Waals surface area contributed by atoms with Crippen molar-refractivity contribution in [3.8, 4) is 0 Å². The van der Waals surface area contributed by atoms with Crippen LogP contribution in [0.3, 0.4) is 0 Å². The highest BCUT2D eigenvalue weighted by Gasteiger charge is 2.15. The van der Waals surface area contributed by atoms with E-state index in [9.17, 15) is 9.59 Å². The largest absolute Gasteiger partial charge is 0.478 e. The Bertz CT molecular complexity index is 482. The summed E-state index contributed by atoms with van der Waals surface area (Å²) < 4.78 is 5.09. The number of hydrogen-bond acceptors (Lipinski definition) is 6. The van der Waals surface area contributed by atoms with Crippen molar-refractivity contribution >= 4 is 18.0 Å². The van der Waals surface area contributed by atoms with Crippen molar-refractivity contribution in [1.29, 1.82) is 0 Å². The Kier molecular flexibility index (Phi) is 5.89. The van der Waals surface area contributed by atoms with E-state index in [-0.39, 0.29) is 5.56 Å². The average molecular weight is 296 g/mol. The fourth-order valence-corrected chi connectivity index (χ4v) is 1.32. The highest BCUT2D eigenvalue weighted by molar-refractivity contribution is 5.86. The van der Waals surface area contributed by atoms with Gasteiger partial charge in [0.05, 0.1) is 5.56 Å². The lowest BCUT2D eigenvalue weighted by Crippen LogP contribution is -2.33. The quantitative estimate of drug-likeness (QED) is 0.682. The van der Waals surface area contributed by atoms with Crippen LogP contribution in [0, 0.1) is 0 Å². The fraction of sp³-hybridized carbons (Fsp3) is 0.538. The molecular weight excluding hydrogens is 276 g/mol. The molecule has 21 heavy (non-hydrogen) atoms. The fourth-order valence-electron chi connectivity index (χ4n) is 1.32. The van der Waals surface area contributed by atoms with Crippen LogP contribution in [0.4, 0.5) is 10.7 Å². The molecule has 116 valence electrons. The van der Waals surface area contributed by atoms with Crippen molar-refractivity contribution < 1.29 is 19.4 Å². The second-order valence-corrected chi connectivity index (χ2v) is 5.31. The molecule has 0 aromatic carbocycles.